The molecule has 0 saturated carbocycles. The molecule has 7 heteroatoms. The van der Waals surface area contributed by atoms with Crippen molar-refractivity contribution in [3.8, 4) is 0 Å². The Kier molecular flexibility index (Phi) is 6.66. The zero-order valence-electron chi connectivity index (χ0n) is 14.2. The lowest BCUT2D eigenvalue weighted by Gasteiger charge is -2.31. The van der Waals surface area contributed by atoms with Crippen LogP contribution >= 0.6 is 11.6 Å². The number of amides is 1. The molecule has 1 atom stereocenters. The van der Waals surface area contributed by atoms with Gasteiger partial charge in [-0.15, -0.1) is 0 Å². The van der Waals surface area contributed by atoms with Gasteiger partial charge in [-0.2, -0.15) is 4.31 Å². The Morgan fingerprint density at radius 2 is 2.17 bits per heavy atom. The van der Waals surface area contributed by atoms with Crippen molar-refractivity contribution >= 4 is 27.5 Å². The van der Waals surface area contributed by atoms with Gasteiger partial charge in [0.25, 0.3) is 0 Å². The van der Waals surface area contributed by atoms with Crippen LogP contribution < -0.4 is 5.32 Å². The van der Waals surface area contributed by atoms with Gasteiger partial charge < -0.3 is 5.32 Å². The zero-order valence-corrected chi connectivity index (χ0v) is 15.8. The Morgan fingerprint density at radius 1 is 1.42 bits per heavy atom. The maximum atomic E-state index is 12.8. The van der Waals surface area contributed by atoms with Crippen molar-refractivity contribution in [2.24, 2.45) is 5.92 Å². The van der Waals surface area contributed by atoms with Crippen LogP contribution in [0.3, 0.4) is 0 Å². The molecule has 1 aliphatic heterocycles. The summed E-state index contributed by atoms with van der Waals surface area (Å²) in [6, 6.07) is 4.76. The van der Waals surface area contributed by atoms with E-state index in [-0.39, 0.29) is 23.3 Å². The Labute approximate surface area is 149 Å². The molecule has 1 N–H and O–H groups in total. The first-order chi connectivity index (χ1) is 11.4. The van der Waals surface area contributed by atoms with Gasteiger partial charge in [-0.1, -0.05) is 31.0 Å². The molecule has 0 aliphatic carbocycles. The van der Waals surface area contributed by atoms with Crippen molar-refractivity contribution in [3.05, 3.63) is 28.8 Å². The van der Waals surface area contributed by atoms with Gasteiger partial charge in [0.1, 0.15) is 0 Å². The van der Waals surface area contributed by atoms with Crippen LogP contribution in [-0.2, 0) is 14.8 Å². The van der Waals surface area contributed by atoms with Gasteiger partial charge in [-0.25, -0.2) is 8.42 Å². The average molecular weight is 373 g/mol. The number of benzene rings is 1. The Hall–Kier alpha value is -1.11. The Morgan fingerprint density at radius 3 is 2.83 bits per heavy atom. The van der Waals surface area contributed by atoms with Crippen LogP contribution in [0.4, 0.5) is 0 Å². The molecule has 1 heterocycles. The molecule has 2 rings (SSSR count). The van der Waals surface area contributed by atoms with Gasteiger partial charge in [-0.3, -0.25) is 4.79 Å². The monoisotopic (exact) mass is 372 g/mol. The normalized spacial score (nSPS) is 19.2. The fraction of sp³-hybridized carbons (Fsp3) is 0.588. The molecule has 24 heavy (non-hydrogen) atoms. The second-order valence-electron chi connectivity index (χ2n) is 6.26. The highest BCUT2D eigenvalue weighted by Gasteiger charge is 2.33. The van der Waals surface area contributed by atoms with Gasteiger partial charge in [0.15, 0.2) is 0 Å². The number of halogens is 1. The summed E-state index contributed by atoms with van der Waals surface area (Å²) in [6.07, 6.45) is 3.35. The van der Waals surface area contributed by atoms with Gasteiger partial charge in [0, 0.05) is 24.7 Å². The number of unbranched alkanes of at least 4 members (excludes halogenated alkanes) is 1. The van der Waals surface area contributed by atoms with E-state index in [0.717, 1.165) is 24.8 Å². The molecule has 1 fully saturated rings. The molecular weight excluding hydrogens is 348 g/mol. The van der Waals surface area contributed by atoms with Crippen molar-refractivity contribution in [1.82, 2.24) is 9.62 Å². The molecule has 0 radical (unpaired) electrons. The van der Waals surface area contributed by atoms with Crippen LogP contribution in [0, 0.1) is 12.8 Å². The first-order valence-electron chi connectivity index (χ1n) is 8.40. The van der Waals surface area contributed by atoms with Crippen LogP contribution in [0.2, 0.25) is 5.02 Å². The quantitative estimate of drug-likeness (QED) is 0.780. The van der Waals surface area contributed by atoms with E-state index in [9.17, 15) is 13.2 Å². The fourth-order valence-electron chi connectivity index (χ4n) is 2.79. The summed E-state index contributed by atoms with van der Waals surface area (Å²) in [5.74, 6) is -0.336. The number of hydrogen-bond acceptors (Lipinski definition) is 3. The maximum Gasteiger partial charge on any atom is 0.243 e. The Balaban J connectivity index is 2.10. The lowest BCUT2D eigenvalue weighted by molar-refractivity contribution is -0.126. The highest BCUT2D eigenvalue weighted by atomic mass is 35.5. The molecule has 0 spiro atoms. The average Bonchev–Trinajstić information content (AvgIpc) is 2.57. The summed E-state index contributed by atoms with van der Waals surface area (Å²) in [5, 5.41) is 3.33. The third-order valence-corrected chi connectivity index (χ3v) is 6.63. The van der Waals surface area contributed by atoms with Gasteiger partial charge in [0.2, 0.25) is 15.9 Å². The second-order valence-corrected chi connectivity index (χ2v) is 8.60. The van der Waals surface area contributed by atoms with Crippen molar-refractivity contribution in [2.75, 3.05) is 19.6 Å². The number of nitrogens with zero attached hydrogens (tertiary/aromatic N) is 1. The third-order valence-electron chi connectivity index (χ3n) is 4.37. The lowest BCUT2D eigenvalue weighted by atomic mass is 9.99. The summed E-state index contributed by atoms with van der Waals surface area (Å²) < 4.78 is 27.0. The minimum atomic E-state index is -3.62. The standard InChI is InChI=1S/C17H25ClN2O3S/c1-3-4-9-19-17(21)14-6-5-10-20(12-14)24(22,23)15-8-7-13(2)16(18)11-15/h7-8,11,14H,3-6,9-10,12H2,1-2H3,(H,19,21)/t14-/m1/s1. The van der Waals surface area contributed by atoms with Crippen molar-refractivity contribution in [1.29, 1.82) is 0 Å². The number of carbonyl (C=O) groups is 1. The highest BCUT2D eigenvalue weighted by molar-refractivity contribution is 7.89. The molecule has 0 bridgehead atoms. The molecule has 0 unspecified atom stereocenters. The number of nitrogens with one attached hydrogen (secondary N) is 1. The van der Waals surface area contributed by atoms with E-state index >= 15 is 0 Å². The first kappa shape index (κ1) is 19.2. The van der Waals surface area contributed by atoms with E-state index in [4.69, 9.17) is 11.6 Å². The summed E-state index contributed by atoms with van der Waals surface area (Å²) in [6.45, 7) is 5.20. The highest BCUT2D eigenvalue weighted by Crippen LogP contribution is 2.26. The second kappa shape index (κ2) is 8.32. The number of piperidine rings is 1. The minimum absolute atomic E-state index is 0.0507. The van der Waals surface area contributed by atoms with Crippen LogP contribution in [0.5, 0.6) is 0 Å². The minimum Gasteiger partial charge on any atom is -0.356 e. The molecule has 1 aromatic rings. The molecule has 1 amide bonds. The Bertz CT molecular complexity index is 691. The third kappa shape index (κ3) is 4.49. The summed E-state index contributed by atoms with van der Waals surface area (Å²) in [5.41, 5.74) is 0.836. The van der Waals surface area contributed by atoms with E-state index < -0.39 is 10.0 Å². The summed E-state index contributed by atoms with van der Waals surface area (Å²) >= 11 is 6.06. The summed E-state index contributed by atoms with van der Waals surface area (Å²) in [4.78, 5) is 12.4. The number of hydrogen-bond donors (Lipinski definition) is 1. The molecular formula is C17H25ClN2O3S. The lowest BCUT2D eigenvalue weighted by Crippen LogP contribution is -2.45. The smallest absolute Gasteiger partial charge is 0.243 e. The van der Waals surface area contributed by atoms with E-state index in [2.05, 4.69) is 12.2 Å². The predicted molar refractivity (Wildman–Crippen MR) is 95.6 cm³/mol. The molecule has 1 saturated heterocycles. The van der Waals surface area contributed by atoms with Crippen molar-refractivity contribution < 1.29 is 13.2 Å². The maximum absolute atomic E-state index is 12.8. The molecule has 1 aliphatic rings. The summed E-state index contributed by atoms with van der Waals surface area (Å²) in [7, 11) is -3.62. The van der Waals surface area contributed by atoms with Crippen LogP contribution in [0.25, 0.3) is 0 Å². The number of aryl methyl sites for hydroxylation is 1. The van der Waals surface area contributed by atoms with Crippen molar-refractivity contribution in [3.63, 3.8) is 0 Å². The SMILES string of the molecule is CCCCNC(=O)[C@@H]1CCCN(S(=O)(=O)c2ccc(C)c(Cl)c2)C1. The van der Waals surface area contributed by atoms with Gasteiger partial charge in [-0.05, 0) is 43.9 Å². The molecule has 1 aromatic carbocycles. The topological polar surface area (TPSA) is 66.5 Å². The molecule has 0 aromatic heterocycles. The molecule has 134 valence electrons. The van der Waals surface area contributed by atoms with Crippen molar-refractivity contribution in [2.45, 2.75) is 44.4 Å². The first-order valence-corrected chi connectivity index (χ1v) is 10.2. The predicted octanol–water partition coefficient (Wildman–Crippen LogP) is 2.97. The van der Waals surface area contributed by atoms with Gasteiger partial charge in [0.05, 0.1) is 10.8 Å². The fourth-order valence-corrected chi connectivity index (χ4v) is 4.59. The van der Waals surface area contributed by atoms with Gasteiger partial charge >= 0.3 is 0 Å². The van der Waals surface area contributed by atoms with Crippen LogP contribution in [0.15, 0.2) is 23.1 Å². The van der Waals surface area contributed by atoms with Crippen LogP contribution in [-0.4, -0.2) is 38.3 Å². The van der Waals surface area contributed by atoms with E-state index in [1.807, 2.05) is 6.92 Å². The van der Waals surface area contributed by atoms with E-state index in [0.29, 0.717) is 24.5 Å². The zero-order chi connectivity index (χ0) is 17.7. The number of rotatable bonds is 6. The number of sulfonamides is 1. The molecule has 5 nitrogen and oxygen atoms in total. The van der Waals surface area contributed by atoms with E-state index in [1.54, 1.807) is 12.1 Å². The van der Waals surface area contributed by atoms with Crippen LogP contribution in [0.1, 0.15) is 38.2 Å². The van der Waals surface area contributed by atoms with E-state index in [1.165, 1.54) is 10.4 Å². The largest absolute Gasteiger partial charge is 0.356 e. The number of carbonyl (C=O) groups excluding carboxylic acids is 1.